The van der Waals surface area contributed by atoms with Crippen molar-refractivity contribution in [3.63, 3.8) is 0 Å². The lowest BCUT2D eigenvalue weighted by Gasteiger charge is -2.55. The summed E-state index contributed by atoms with van der Waals surface area (Å²) in [5.41, 5.74) is 0.430. The minimum absolute atomic E-state index is 0.00442. The molecule has 1 aromatic rings. The van der Waals surface area contributed by atoms with Crippen LogP contribution >= 0.6 is 11.3 Å². The molecule has 4 fully saturated rings. The third-order valence-corrected chi connectivity index (χ3v) is 8.16. The zero-order chi connectivity index (χ0) is 22.5. The number of anilines is 1. The Kier molecular flexibility index (Phi) is 5.92. The van der Waals surface area contributed by atoms with Gasteiger partial charge in [0.15, 0.2) is 0 Å². The minimum atomic E-state index is -0.520. The Morgan fingerprint density at radius 2 is 1.39 bits per heavy atom. The maximum atomic E-state index is 13.6. The second-order valence-electron chi connectivity index (χ2n) is 10.3. The number of hydrogen-bond acceptors (Lipinski definition) is 6. The summed E-state index contributed by atoms with van der Waals surface area (Å²) in [6.45, 7) is 8.84. The van der Waals surface area contributed by atoms with Crippen LogP contribution in [0.5, 0.6) is 0 Å². The van der Waals surface area contributed by atoms with Crippen LogP contribution in [-0.4, -0.2) is 30.1 Å². The van der Waals surface area contributed by atoms with Gasteiger partial charge in [0.2, 0.25) is 5.91 Å². The molecule has 4 saturated carbocycles. The maximum absolute atomic E-state index is 13.6. The number of carbonyl (C=O) groups excluding carboxylic acids is 3. The first-order chi connectivity index (χ1) is 14.6. The van der Waals surface area contributed by atoms with Gasteiger partial charge >= 0.3 is 11.9 Å². The summed E-state index contributed by atoms with van der Waals surface area (Å²) < 4.78 is 10.8. The van der Waals surface area contributed by atoms with Crippen molar-refractivity contribution >= 4 is 34.2 Å². The number of thiophene rings is 1. The van der Waals surface area contributed by atoms with Crippen molar-refractivity contribution in [1.82, 2.24) is 0 Å². The van der Waals surface area contributed by atoms with Crippen LogP contribution in [0.4, 0.5) is 5.00 Å². The molecule has 0 aliphatic heterocycles. The number of esters is 2. The topological polar surface area (TPSA) is 81.7 Å². The fraction of sp³-hybridized carbons (Fsp3) is 0.708. The van der Waals surface area contributed by atoms with E-state index in [-0.39, 0.29) is 29.1 Å². The molecular formula is C24H33NO5S. The Balaban J connectivity index is 1.64. The van der Waals surface area contributed by atoms with Crippen LogP contribution < -0.4 is 5.32 Å². The Morgan fingerprint density at radius 3 is 1.87 bits per heavy atom. The molecule has 1 amide bonds. The molecule has 5 rings (SSSR count). The number of rotatable bonds is 6. The van der Waals surface area contributed by atoms with Crippen LogP contribution in [0.3, 0.4) is 0 Å². The third-order valence-electron chi connectivity index (χ3n) is 6.97. The van der Waals surface area contributed by atoms with E-state index in [4.69, 9.17) is 9.47 Å². The molecule has 31 heavy (non-hydrogen) atoms. The predicted molar refractivity (Wildman–Crippen MR) is 119 cm³/mol. The monoisotopic (exact) mass is 447 g/mol. The fourth-order valence-electron chi connectivity index (χ4n) is 6.21. The number of hydrogen-bond donors (Lipinski definition) is 1. The second kappa shape index (κ2) is 8.23. The van der Waals surface area contributed by atoms with Crippen molar-refractivity contribution in [2.24, 2.45) is 23.2 Å². The molecule has 0 aromatic carbocycles. The summed E-state index contributed by atoms with van der Waals surface area (Å²) in [5, 5.41) is 3.46. The highest BCUT2D eigenvalue weighted by Gasteiger charge is 2.54. The van der Waals surface area contributed by atoms with Gasteiger partial charge in [-0.3, -0.25) is 4.79 Å². The van der Waals surface area contributed by atoms with Crippen molar-refractivity contribution in [2.75, 3.05) is 5.32 Å². The predicted octanol–water partition coefficient (Wildman–Crippen LogP) is 5.34. The molecule has 0 unspecified atom stereocenters. The van der Waals surface area contributed by atoms with Crippen LogP contribution in [0.2, 0.25) is 0 Å². The molecule has 0 atom stereocenters. The normalized spacial score (nSPS) is 28.8. The highest BCUT2D eigenvalue weighted by Crippen LogP contribution is 2.60. The summed E-state index contributed by atoms with van der Waals surface area (Å²) in [4.78, 5) is 39.4. The van der Waals surface area contributed by atoms with Crippen molar-refractivity contribution in [3.8, 4) is 0 Å². The maximum Gasteiger partial charge on any atom is 0.348 e. The number of nitrogens with one attached hydrogen (secondary N) is 1. The summed E-state index contributed by atoms with van der Waals surface area (Å²) >= 11 is 1.12. The fourth-order valence-corrected chi connectivity index (χ4v) is 7.28. The lowest BCUT2D eigenvalue weighted by molar-refractivity contribution is -0.140. The molecule has 4 aliphatic carbocycles. The van der Waals surface area contributed by atoms with E-state index in [1.807, 2.05) is 0 Å². The van der Waals surface area contributed by atoms with Gasteiger partial charge in [0, 0.05) is 0 Å². The molecule has 1 aromatic heterocycles. The van der Waals surface area contributed by atoms with Gasteiger partial charge in [-0.1, -0.05) is 0 Å². The van der Waals surface area contributed by atoms with Gasteiger partial charge in [0.25, 0.3) is 0 Å². The summed E-state index contributed by atoms with van der Waals surface area (Å²) in [7, 11) is 0. The average Bonchev–Trinajstić information content (AvgIpc) is 2.95. The lowest BCUT2D eigenvalue weighted by Crippen LogP contribution is -2.51. The van der Waals surface area contributed by atoms with Gasteiger partial charge in [0.1, 0.15) is 9.88 Å². The molecule has 0 spiro atoms. The third kappa shape index (κ3) is 4.26. The van der Waals surface area contributed by atoms with Crippen molar-refractivity contribution in [3.05, 3.63) is 16.0 Å². The van der Waals surface area contributed by atoms with Crippen molar-refractivity contribution in [2.45, 2.75) is 85.4 Å². The zero-order valence-electron chi connectivity index (χ0n) is 19.1. The summed E-state index contributed by atoms with van der Waals surface area (Å²) in [6.07, 6.45) is 5.98. The Bertz CT molecular complexity index is 865. The van der Waals surface area contributed by atoms with E-state index in [9.17, 15) is 14.4 Å². The van der Waals surface area contributed by atoms with Crippen LogP contribution in [0.15, 0.2) is 0 Å². The van der Waals surface area contributed by atoms with E-state index < -0.39 is 11.9 Å². The van der Waals surface area contributed by atoms with E-state index >= 15 is 0 Å². The Hall–Kier alpha value is -1.89. The molecule has 1 heterocycles. The largest absolute Gasteiger partial charge is 0.459 e. The molecule has 0 radical (unpaired) electrons. The van der Waals surface area contributed by atoms with Crippen LogP contribution in [-0.2, 0) is 14.3 Å². The Morgan fingerprint density at radius 1 is 0.903 bits per heavy atom. The van der Waals surface area contributed by atoms with Gasteiger partial charge in [-0.05, 0) is 96.5 Å². The first kappa shape index (κ1) is 22.3. The van der Waals surface area contributed by atoms with E-state index in [1.54, 1.807) is 34.6 Å². The molecule has 4 aliphatic rings. The minimum Gasteiger partial charge on any atom is -0.459 e. The molecule has 6 nitrogen and oxygen atoms in total. The van der Waals surface area contributed by atoms with Gasteiger partial charge in [-0.15, -0.1) is 11.3 Å². The van der Waals surface area contributed by atoms with Gasteiger partial charge in [0.05, 0.1) is 23.2 Å². The highest BCUT2D eigenvalue weighted by atomic mass is 32.1. The molecular weight excluding hydrogens is 414 g/mol. The van der Waals surface area contributed by atoms with Gasteiger partial charge in [-0.25, -0.2) is 9.59 Å². The van der Waals surface area contributed by atoms with Crippen LogP contribution in [0.1, 0.15) is 91.8 Å². The molecule has 7 heteroatoms. The summed E-state index contributed by atoms with van der Waals surface area (Å²) in [6, 6.07) is 0. The van der Waals surface area contributed by atoms with Gasteiger partial charge in [-0.2, -0.15) is 0 Å². The quantitative estimate of drug-likeness (QED) is 0.595. The first-order valence-corrected chi connectivity index (χ1v) is 12.3. The second-order valence-corrected chi connectivity index (χ2v) is 11.3. The van der Waals surface area contributed by atoms with E-state index in [2.05, 4.69) is 5.32 Å². The number of amides is 1. The average molecular weight is 448 g/mol. The van der Waals surface area contributed by atoms with E-state index in [0.29, 0.717) is 33.2 Å². The standard InChI is InChI=1S/C24H33NO5S/c1-12(2)29-21(26)18-14(5)19(22(27)30-13(3)4)31-20(18)25-23(28)24-9-15-6-16(10-24)8-17(7-15)11-24/h12-13,15-17H,6-11H2,1-5H3,(H,25,28). The zero-order valence-corrected chi connectivity index (χ0v) is 19.9. The number of ether oxygens (including phenoxy) is 2. The van der Waals surface area contributed by atoms with Crippen molar-refractivity contribution < 1.29 is 23.9 Å². The first-order valence-electron chi connectivity index (χ1n) is 11.4. The van der Waals surface area contributed by atoms with E-state index in [1.165, 1.54) is 19.3 Å². The lowest BCUT2D eigenvalue weighted by atomic mass is 9.49. The summed E-state index contributed by atoms with van der Waals surface area (Å²) in [5.74, 6) is 0.923. The smallest absolute Gasteiger partial charge is 0.348 e. The van der Waals surface area contributed by atoms with Gasteiger partial charge < -0.3 is 14.8 Å². The molecule has 4 bridgehead atoms. The van der Waals surface area contributed by atoms with Crippen LogP contribution in [0, 0.1) is 30.1 Å². The molecule has 170 valence electrons. The number of carbonyl (C=O) groups is 3. The molecule has 0 saturated heterocycles. The van der Waals surface area contributed by atoms with Crippen LogP contribution in [0.25, 0.3) is 0 Å². The van der Waals surface area contributed by atoms with E-state index in [0.717, 1.165) is 30.6 Å². The molecule has 1 N–H and O–H groups in total. The van der Waals surface area contributed by atoms with Crippen molar-refractivity contribution in [1.29, 1.82) is 0 Å². The SMILES string of the molecule is Cc1c(C(=O)OC(C)C)sc(NC(=O)C23CC4CC(CC(C4)C2)C3)c1C(=O)OC(C)C. The highest BCUT2D eigenvalue weighted by molar-refractivity contribution is 7.18. The Labute approximate surface area is 188 Å².